The molecule has 0 aliphatic carbocycles. The molecule has 0 radical (unpaired) electrons. The van der Waals surface area contributed by atoms with Crippen molar-refractivity contribution in [2.45, 2.75) is 25.3 Å². The van der Waals surface area contributed by atoms with Crippen LogP contribution in [0.4, 0.5) is 5.82 Å². The molecule has 1 aromatic heterocycles. The number of nitrogens with zero attached hydrogens (tertiary/aromatic N) is 4. The van der Waals surface area contributed by atoms with Crippen LogP contribution >= 0.6 is 0 Å². The Morgan fingerprint density at radius 3 is 2.83 bits per heavy atom. The summed E-state index contributed by atoms with van der Waals surface area (Å²) in [6.45, 7) is 8.07. The van der Waals surface area contributed by atoms with E-state index < -0.39 is 0 Å². The highest BCUT2D eigenvalue weighted by Crippen LogP contribution is 2.14. The topological polar surface area (TPSA) is 64.4 Å². The summed E-state index contributed by atoms with van der Waals surface area (Å²) in [6, 6.07) is 6.47. The molecule has 24 heavy (non-hydrogen) atoms. The van der Waals surface area contributed by atoms with E-state index in [9.17, 15) is 0 Å². The molecule has 0 aromatic carbocycles. The average molecular weight is 329 g/mol. The highest BCUT2D eigenvalue weighted by molar-refractivity contribution is 5.42. The summed E-state index contributed by atoms with van der Waals surface area (Å²) in [5.41, 5.74) is 0.616. The number of pyridine rings is 1. The molecule has 3 heterocycles. The minimum atomic E-state index is 0.577. The first-order valence-electron chi connectivity index (χ1n) is 9.00. The molecule has 2 aliphatic rings. The van der Waals surface area contributed by atoms with Gasteiger partial charge in [-0.25, -0.2) is 4.98 Å². The standard InChI is InChI=1S/C18H27N5O/c19-13-16-4-5-18(21-14-16)23-10-8-22(9-11-23)7-2-12-24-15-17-3-1-6-20-17/h4-5,14,17,20H,1-3,6-12,15H2/t17-/m0/s1. The van der Waals surface area contributed by atoms with Crippen LogP contribution in [0.1, 0.15) is 24.8 Å². The molecule has 2 fully saturated rings. The highest BCUT2D eigenvalue weighted by Gasteiger charge is 2.18. The van der Waals surface area contributed by atoms with Crippen LogP contribution in [0.5, 0.6) is 0 Å². The van der Waals surface area contributed by atoms with E-state index in [4.69, 9.17) is 10.00 Å². The molecule has 2 saturated heterocycles. The number of nitriles is 1. The molecule has 6 nitrogen and oxygen atoms in total. The maximum absolute atomic E-state index is 8.83. The number of hydrogen-bond acceptors (Lipinski definition) is 6. The SMILES string of the molecule is N#Cc1ccc(N2CCN(CCCOC[C@@H]3CCCN3)CC2)nc1. The maximum atomic E-state index is 8.83. The van der Waals surface area contributed by atoms with E-state index in [0.29, 0.717) is 11.6 Å². The van der Waals surface area contributed by atoms with Crippen molar-refractivity contribution in [1.29, 1.82) is 5.26 Å². The predicted octanol–water partition coefficient (Wildman–Crippen LogP) is 1.23. The monoisotopic (exact) mass is 329 g/mol. The normalized spacial score (nSPS) is 21.8. The van der Waals surface area contributed by atoms with Crippen molar-refractivity contribution >= 4 is 5.82 Å². The molecule has 130 valence electrons. The maximum Gasteiger partial charge on any atom is 0.128 e. The molecule has 1 N–H and O–H groups in total. The number of piperazine rings is 1. The van der Waals surface area contributed by atoms with Crippen LogP contribution in [0.15, 0.2) is 18.3 Å². The molecule has 6 heteroatoms. The molecule has 3 rings (SSSR count). The Labute approximate surface area is 144 Å². The third kappa shape index (κ3) is 4.91. The number of anilines is 1. The van der Waals surface area contributed by atoms with Crippen molar-refractivity contribution in [2.24, 2.45) is 0 Å². The first kappa shape index (κ1) is 17.2. The van der Waals surface area contributed by atoms with E-state index >= 15 is 0 Å². The Kier molecular flexibility index (Phi) is 6.41. The van der Waals surface area contributed by atoms with Gasteiger partial charge in [0.05, 0.1) is 12.2 Å². The van der Waals surface area contributed by atoms with Crippen LogP contribution in [0.2, 0.25) is 0 Å². The van der Waals surface area contributed by atoms with Crippen LogP contribution in [0.25, 0.3) is 0 Å². The van der Waals surface area contributed by atoms with E-state index in [1.165, 1.54) is 12.8 Å². The van der Waals surface area contributed by atoms with Crippen LogP contribution in [0.3, 0.4) is 0 Å². The minimum Gasteiger partial charge on any atom is -0.380 e. The van der Waals surface area contributed by atoms with Gasteiger partial charge in [0.15, 0.2) is 0 Å². The van der Waals surface area contributed by atoms with Gasteiger partial charge < -0.3 is 15.0 Å². The minimum absolute atomic E-state index is 0.577. The Hall–Kier alpha value is -1.68. The molecule has 0 unspecified atom stereocenters. The van der Waals surface area contributed by atoms with Gasteiger partial charge in [0.2, 0.25) is 0 Å². The van der Waals surface area contributed by atoms with Gasteiger partial charge in [-0.1, -0.05) is 0 Å². The summed E-state index contributed by atoms with van der Waals surface area (Å²) >= 11 is 0. The molecule has 0 saturated carbocycles. The van der Waals surface area contributed by atoms with Crippen LogP contribution in [-0.4, -0.2) is 68.4 Å². The fourth-order valence-electron chi connectivity index (χ4n) is 3.35. The van der Waals surface area contributed by atoms with Crippen LogP contribution < -0.4 is 10.2 Å². The third-order valence-corrected chi connectivity index (χ3v) is 4.82. The second-order valence-electron chi connectivity index (χ2n) is 6.57. The van der Waals surface area contributed by atoms with Crippen molar-refractivity contribution in [3.8, 4) is 6.07 Å². The van der Waals surface area contributed by atoms with Crippen molar-refractivity contribution in [1.82, 2.24) is 15.2 Å². The highest BCUT2D eigenvalue weighted by atomic mass is 16.5. The zero-order valence-corrected chi connectivity index (χ0v) is 14.3. The first-order chi connectivity index (χ1) is 11.8. The lowest BCUT2D eigenvalue weighted by Gasteiger charge is -2.35. The quantitative estimate of drug-likeness (QED) is 0.759. The Morgan fingerprint density at radius 1 is 1.29 bits per heavy atom. The Bertz CT molecular complexity index is 527. The number of nitrogens with one attached hydrogen (secondary N) is 1. The van der Waals surface area contributed by atoms with Crippen LogP contribution in [-0.2, 0) is 4.74 Å². The molecule has 1 aromatic rings. The number of aromatic nitrogens is 1. The van der Waals surface area contributed by atoms with Crippen LogP contribution in [0, 0.1) is 11.3 Å². The lowest BCUT2D eigenvalue weighted by Crippen LogP contribution is -2.47. The van der Waals surface area contributed by atoms with Gasteiger partial charge >= 0.3 is 0 Å². The second kappa shape index (κ2) is 8.97. The first-order valence-corrected chi connectivity index (χ1v) is 9.00. The van der Waals surface area contributed by atoms with Crippen molar-refractivity contribution in [2.75, 3.05) is 57.4 Å². The summed E-state index contributed by atoms with van der Waals surface area (Å²) in [5.74, 6) is 0.973. The lowest BCUT2D eigenvalue weighted by atomic mass is 10.2. The molecule has 0 amide bonds. The summed E-state index contributed by atoms with van der Waals surface area (Å²) in [7, 11) is 0. The lowest BCUT2D eigenvalue weighted by molar-refractivity contribution is 0.104. The zero-order valence-electron chi connectivity index (χ0n) is 14.3. The Morgan fingerprint density at radius 2 is 2.17 bits per heavy atom. The van der Waals surface area contributed by atoms with E-state index in [1.54, 1.807) is 6.20 Å². The number of rotatable bonds is 7. The zero-order chi connectivity index (χ0) is 16.6. The number of hydrogen-bond donors (Lipinski definition) is 1. The van der Waals surface area contributed by atoms with Gasteiger partial charge in [-0.2, -0.15) is 5.26 Å². The molecule has 0 spiro atoms. The molecular formula is C18H27N5O. The molecule has 2 aliphatic heterocycles. The predicted molar refractivity (Wildman–Crippen MR) is 94.1 cm³/mol. The van der Waals surface area contributed by atoms with Gasteiger partial charge in [-0.05, 0) is 37.9 Å². The van der Waals surface area contributed by atoms with Gasteiger partial charge in [0.1, 0.15) is 11.9 Å². The summed E-state index contributed by atoms with van der Waals surface area (Å²) in [6.07, 6.45) is 5.29. The number of ether oxygens (including phenoxy) is 1. The fourth-order valence-corrected chi connectivity index (χ4v) is 3.35. The summed E-state index contributed by atoms with van der Waals surface area (Å²) in [4.78, 5) is 9.17. The molecule has 1 atom stereocenters. The van der Waals surface area contributed by atoms with E-state index in [-0.39, 0.29) is 0 Å². The van der Waals surface area contributed by atoms with Gasteiger partial charge in [-0.15, -0.1) is 0 Å². The van der Waals surface area contributed by atoms with Gasteiger partial charge in [0, 0.05) is 51.6 Å². The largest absolute Gasteiger partial charge is 0.380 e. The smallest absolute Gasteiger partial charge is 0.128 e. The van der Waals surface area contributed by atoms with Crippen molar-refractivity contribution in [3.63, 3.8) is 0 Å². The van der Waals surface area contributed by atoms with Gasteiger partial charge in [-0.3, -0.25) is 4.90 Å². The fraction of sp³-hybridized carbons (Fsp3) is 0.667. The van der Waals surface area contributed by atoms with E-state index in [0.717, 1.165) is 64.7 Å². The molecular weight excluding hydrogens is 302 g/mol. The average Bonchev–Trinajstić information content (AvgIpc) is 3.16. The Balaban J connectivity index is 1.29. The van der Waals surface area contributed by atoms with Crippen molar-refractivity contribution in [3.05, 3.63) is 23.9 Å². The van der Waals surface area contributed by atoms with Crippen molar-refractivity contribution < 1.29 is 4.74 Å². The van der Waals surface area contributed by atoms with E-state index in [1.807, 2.05) is 12.1 Å². The van der Waals surface area contributed by atoms with E-state index in [2.05, 4.69) is 26.2 Å². The second-order valence-corrected chi connectivity index (χ2v) is 6.57. The third-order valence-electron chi connectivity index (χ3n) is 4.82. The van der Waals surface area contributed by atoms with Gasteiger partial charge in [0.25, 0.3) is 0 Å². The molecule has 0 bridgehead atoms. The summed E-state index contributed by atoms with van der Waals surface area (Å²) < 4.78 is 5.78. The summed E-state index contributed by atoms with van der Waals surface area (Å²) in [5, 5.41) is 12.3.